The van der Waals surface area contributed by atoms with E-state index in [1.807, 2.05) is 0 Å². The van der Waals surface area contributed by atoms with Crippen LogP contribution < -0.4 is 4.52 Å². The van der Waals surface area contributed by atoms with Crippen LogP contribution >= 0.6 is 8.25 Å². The minimum atomic E-state index is -2.66. The topological polar surface area (TPSA) is 76.5 Å². The van der Waals surface area contributed by atoms with Crippen LogP contribution in [-0.4, -0.2) is 15.7 Å². The Morgan fingerprint density at radius 2 is 2.36 bits per heavy atom. The van der Waals surface area contributed by atoms with E-state index in [4.69, 9.17) is 4.89 Å². The molecule has 5 nitrogen and oxygen atoms in total. The number of pyridine rings is 1. The lowest BCUT2D eigenvalue weighted by atomic mass is 10.2. The van der Waals surface area contributed by atoms with Crippen molar-refractivity contribution in [2.45, 2.75) is 13.3 Å². The number of nitrogens with zero attached hydrogens (tertiary/aromatic N) is 1. The van der Waals surface area contributed by atoms with Gasteiger partial charge in [-0.1, -0.05) is 0 Å². The molecule has 1 unspecified atom stereocenters. The minimum Gasteiger partial charge on any atom is -0.300 e. The minimum absolute atomic E-state index is 0.0133. The van der Waals surface area contributed by atoms with Gasteiger partial charge in [0.2, 0.25) is 5.75 Å². The van der Waals surface area contributed by atoms with Gasteiger partial charge in [0.05, 0.1) is 6.20 Å². The van der Waals surface area contributed by atoms with E-state index < -0.39 is 8.25 Å². The average molecular weight is 214 g/mol. The van der Waals surface area contributed by atoms with Crippen molar-refractivity contribution in [3.05, 3.63) is 24.0 Å². The number of hydrogen-bond acceptors (Lipinski definition) is 4. The molecule has 0 aliphatic rings. The lowest BCUT2D eigenvalue weighted by molar-refractivity contribution is -0.116. The largest absolute Gasteiger partial charge is 0.747 e. The Labute approximate surface area is 81.7 Å². The Kier molecular flexibility index (Phi) is 3.68. The molecule has 6 heteroatoms. The highest BCUT2D eigenvalue weighted by Gasteiger charge is 2.14. The van der Waals surface area contributed by atoms with Gasteiger partial charge in [0.25, 0.3) is 0 Å². The molecule has 14 heavy (non-hydrogen) atoms. The first kappa shape index (κ1) is 10.8. The number of rotatable bonds is 4. The van der Waals surface area contributed by atoms with E-state index in [1.54, 1.807) is 6.07 Å². The summed E-state index contributed by atoms with van der Waals surface area (Å²) in [4.78, 5) is 23.0. The van der Waals surface area contributed by atoms with Gasteiger partial charge in [0.1, 0.15) is 5.78 Å². The molecule has 1 aromatic heterocycles. The van der Waals surface area contributed by atoms with E-state index in [0.29, 0.717) is 5.69 Å². The average Bonchev–Trinajstić information content (AvgIpc) is 2.06. The number of carbonyl (C=O) groups is 1. The second-order valence-electron chi connectivity index (χ2n) is 2.69. The predicted octanol–water partition coefficient (Wildman–Crippen LogP) is 1.24. The Morgan fingerprint density at radius 3 is 2.79 bits per heavy atom. The number of hydrogen-bond donors (Lipinski definition) is 1. The fourth-order valence-corrected chi connectivity index (χ4v) is 1.20. The highest BCUT2D eigenvalue weighted by molar-refractivity contribution is 7.32. The van der Waals surface area contributed by atoms with Gasteiger partial charge in [-0.25, -0.2) is 4.52 Å². The van der Waals surface area contributed by atoms with Gasteiger partial charge in [0.15, 0.2) is 0 Å². The van der Waals surface area contributed by atoms with Crippen molar-refractivity contribution in [1.82, 2.24) is 4.98 Å². The Hall–Kier alpha value is -1.32. The first-order chi connectivity index (χ1) is 6.58. The second-order valence-corrected chi connectivity index (χ2v) is 3.35. The van der Waals surface area contributed by atoms with Crippen LogP contribution in [0.4, 0.5) is 0 Å². The van der Waals surface area contributed by atoms with Crippen LogP contribution in [0.25, 0.3) is 0 Å². The smallest absolute Gasteiger partial charge is 0.300 e. The van der Waals surface area contributed by atoms with Gasteiger partial charge in [-0.3, -0.25) is 9.78 Å². The molecule has 74 valence electrons. The van der Waals surface area contributed by atoms with Crippen molar-refractivity contribution in [2.75, 3.05) is 0 Å². The summed E-state index contributed by atoms with van der Waals surface area (Å²) in [5, 5.41) is 0. The summed E-state index contributed by atoms with van der Waals surface area (Å²) in [6, 6.07) is 3.07. The van der Waals surface area contributed by atoms with E-state index in [2.05, 4.69) is 9.51 Å². The van der Waals surface area contributed by atoms with E-state index in [9.17, 15) is 9.36 Å². The van der Waals surface area contributed by atoms with Crippen molar-refractivity contribution in [3.63, 3.8) is 0 Å². The Morgan fingerprint density at radius 1 is 1.64 bits per heavy atom. The Balaban J connectivity index is 2.68. The quantitative estimate of drug-likeness (QED) is 0.763. The zero-order valence-corrected chi connectivity index (χ0v) is 8.40. The Bertz CT molecular complexity index is 314. The van der Waals surface area contributed by atoms with Gasteiger partial charge < -0.3 is 0 Å². The molecule has 0 aromatic carbocycles. The highest BCUT2D eigenvalue weighted by atomic mass is 31.1. The fraction of sp³-hybridized carbons (Fsp3) is 0.250. The van der Waals surface area contributed by atoms with Crippen LogP contribution in [0.15, 0.2) is 18.3 Å². The standard InChI is InChI=1S/C8H8NO4P/c1-6(10)4-7-2-3-8(5-9-7)13-14(11)12/h2-3,5H,4H2,1H3/p+1. The van der Waals surface area contributed by atoms with E-state index >= 15 is 0 Å². The van der Waals surface area contributed by atoms with Crippen molar-refractivity contribution in [1.29, 1.82) is 0 Å². The molecular weight excluding hydrogens is 205 g/mol. The van der Waals surface area contributed by atoms with Crippen molar-refractivity contribution in [3.8, 4) is 5.75 Å². The number of aromatic nitrogens is 1. The van der Waals surface area contributed by atoms with E-state index in [1.165, 1.54) is 19.2 Å². The van der Waals surface area contributed by atoms with Gasteiger partial charge in [-0.05, 0) is 19.1 Å². The van der Waals surface area contributed by atoms with E-state index in [-0.39, 0.29) is 18.0 Å². The molecule has 0 radical (unpaired) electrons. The van der Waals surface area contributed by atoms with Crippen LogP contribution in [0.3, 0.4) is 0 Å². The van der Waals surface area contributed by atoms with Gasteiger partial charge in [0, 0.05) is 16.7 Å². The summed E-state index contributed by atoms with van der Waals surface area (Å²) in [7, 11) is -2.66. The third-order valence-corrected chi connectivity index (χ3v) is 1.78. The third-order valence-electron chi connectivity index (χ3n) is 1.41. The molecule has 0 fully saturated rings. The van der Waals surface area contributed by atoms with E-state index in [0.717, 1.165) is 0 Å². The fourth-order valence-electron chi connectivity index (χ4n) is 0.915. The van der Waals surface area contributed by atoms with Gasteiger partial charge in [-0.15, -0.1) is 4.89 Å². The summed E-state index contributed by atoms with van der Waals surface area (Å²) in [5.74, 6) is 0.223. The molecule has 0 bridgehead atoms. The lowest BCUT2D eigenvalue weighted by Gasteiger charge is -1.95. The van der Waals surface area contributed by atoms with Gasteiger partial charge in [-0.2, -0.15) is 0 Å². The zero-order chi connectivity index (χ0) is 10.6. The predicted molar refractivity (Wildman–Crippen MR) is 49.1 cm³/mol. The van der Waals surface area contributed by atoms with Crippen LogP contribution in [0, 0.1) is 0 Å². The lowest BCUT2D eigenvalue weighted by Crippen LogP contribution is -1.98. The van der Waals surface area contributed by atoms with Gasteiger partial charge >= 0.3 is 8.25 Å². The SMILES string of the molecule is CC(=O)Cc1ccc(O[P+](=O)O)cn1. The van der Waals surface area contributed by atoms with Crippen molar-refractivity contribution >= 4 is 14.0 Å². The molecule has 0 saturated heterocycles. The molecule has 1 atom stereocenters. The molecule has 0 saturated carbocycles. The summed E-state index contributed by atoms with van der Waals surface area (Å²) in [5.41, 5.74) is 0.609. The number of carbonyl (C=O) groups excluding carboxylic acids is 1. The second kappa shape index (κ2) is 4.79. The molecular formula is C8H9NO4P+. The van der Waals surface area contributed by atoms with Crippen LogP contribution in [-0.2, 0) is 15.8 Å². The normalized spacial score (nSPS) is 10.9. The van der Waals surface area contributed by atoms with Crippen LogP contribution in [0.1, 0.15) is 12.6 Å². The summed E-state index contributed by atoms with van der Waals surface area (Å²) in [6.45, 7) is 1.47. The summed E-state index contributed by atoms with van der Waals surface area (Å²) in [6.07, 6.45) is 1.56. The monoisotopic (exact) mass is 214 g/mol. The molecule has 0 aliphatic heterocycles. The first-order valence-electron chi connectivity index (χ1n) is 3.86. The number of ketones is 1. The zero-order valence-electron chi connectivity index (χ0n) is 7.51. The molecule has 0 spiro atoms. The molecule has 1 N–H and O–H groups in total. The molecule has 0 amide bonds. The summed E-state index contributed by atoms with van der Waals surface area (Å²) >= 11 is 0. The maximum Gasteiger partial charge on any atom is 0.747 e. The third kappa shape index (κ3) is 3.60. The molecule has 1 heterocycles. The molecule has 1 rings (SSSR count). The maximum absolute atomic E-state index is 10.7. The van der Waals surface area contributed by atoms with Crippen LogP contribution in [0.5, 0.6) is 5.75 Å². The van der Waals surface area contributed by atoms with Crippen molar-refractivity contribution < 1.29 is 18.8 Å². The summed E-state index contributed by atoms with van der Waals surface area (Å²) < 4.78 is 14.8. The first-order valence-corrected chi connectivity index (χ1v) is 4.99. The molecule has 1 aromatic rings. The van der Waals surface area contributed by atoms with Crippen LogP contribution in [0.2, 0.25) is 0 Å². The number of Topliss-reactive ketones (excluding diaryl/α,β-unsaturated/α-hetero) is 1. The van der Waals surface area contributed by atoms with Crippen molar-refractivity contribution in [2.24, 2.45) is 0 Å². The highest BCUT2D eigenvalue weighted by Crippen LogP contribution is 2.21. The molecule has 0 aliphatic carbocycles. The maximum atomic E-state index is 10.7.